The van der Waals surface area contributed by atoms with Crippen molar-refractivity contribution in [3.8, 4) is 0 Å². The van der Waals surface area contributed by atoms with Gasteiger partial charge in [-0.15, -0.1) is 0 Å². The third-order valence-electron chi connectivity index (χ3n) is 4.68. The van der Waals surface area contributed by atoms with Gasteiger partial charge in [0.05, 0.1) is 11.9 Å². The van der Waals surface area contributed by atoms with E-state index in [9.17, 15) is 8.78 Å². The third kappa shape index (κ3) is 3.65. The molecule has 0 amide bonds. The summed E-state index contributed by atoms with van der Waals surface area (Å²) >= 11 is 0. The van der Waals surface area contributed by atoms with Crippen LogP contribution in [0.2, 0.25) is 0 Å². The summed E-state index contributed by atoms with van der Waals surface area (Å²) in [7, 11) is 0. The Morgan fingerprint density at radius 1 is 1.15 bits per heavy atom. The molecule has 0 spiro atoms. The lowest BCUT2D eigenvalue weighted by atomic mass is 10.1. The van der Waals surface area contributed by atoms with Gasteiger partial charge in [0.25, 0.3) is 5.92 Å². The van der Waals surface area contributed by atoms with Gasteiger partial charge in [-0.1, -0.05) is 13.0 Å². The van der Waals surface area contributed by atoms with Crippen molar-refractivity contribution in [3.63, 3.8) is 0 Å². The van der Waals surface area contributed by atoms with Crippen molar-refractivity contribution < 1.29 is 8.78 Å². The molecule has 1 saturated heterocycles. The Hall–Kier alpha value is -2.90. The van der Waals surface area contributed by atoms with Crippen LogP contribution in [-0.4, -0.2) is 38.9 Å². The molecule has 0 aromatic carbocycles. The molecule has 1 fully saturated rings. The minimum atomic E-state index is -2.71. The number of nitrogens with one attached hydrogen (secondary N) is 1. The van der Waals surface area contributed by atoms with Gasteiger partial charge in [-0.05, 0) is 30.2 Å². The van der Waals surface area contributed by atoms with E-state index in [1.54, 1.807) is 12.4 Å². The molecular formula is C19H20F2N6. The lowest BCUT2D eigenvalue weighted by Crippen LogP contribution is -2.26. The van der Waals surface area contributed by atoms with Gasteiger partial charge in [0.15, 0.2) is 5.65 Å². The highest BCUT2D eigenvalue weighted by Gasteiger charge is 2.39. The van der Waals surface area contributed by atoms with Gasteiger partial charge in [0.2, 0.25) is 5.95 Å². The first-order valence-corrected chi connectivity index (χ1v) is 8.98. The molecule has 27 heavy (non-hydrogen) atoms. The van der Waals surface area contributed by atoms with Gasteiger partial charge in [-0.25, -0.2) is 13.8 Å². The van der Waals surface area contributed by atoms with E-state index in [0.717, 1.165) is 23.1 Å². The molecule has 0 bridgehead atoms. The zero-order valence-electron chi connectivity index (χ0n) is 15.0. The number of rotatable bonds is 5. The Bertz CT molecular complexity index is 962. The summed E-state index contributed by atoms with van der Waals surface area (Å²) in [6.07, 6.45) is 4.06. The average Bonchev–Trinajstić information content (AvgIpc) is 3.06. The molecule has 8 heteroatoms. The second-order valence-electron chi connectivity index (χ2n) is 6.59. The van der Waals surface area contributed by atoms with Crippen LogP contribution in [0.5, 0.6) is 0 Å². The normalized spacial score (nSPS) is 16.0. The van der Waals surface area contributed by atoms with E-state index in [0.29, 0.717) is 18.0 Å². The Balaban J connectivity index is 1.66. The fraction of sp³-hybridized carbons (Fsp3) is 0.368. The highest BCUT2D eigenvalue weighted by molar-refractivity contribution is 5.87. The smallest absolute Gasteiger partial charge is 0.267 e. The van der Waals surface area contributed by atoms with Crippen molar-refractivity contribution in [1.82, 2.24) is 19.9 Å². The van der Waals surface area contributed by atoms with E-state index in [1.807, 2.05) is 24.3 Å². The summed E-state index contributed by atoms with van der Waals surface area (Å²) in [4.78, 5) is 19.1. The van der Waals surface area contributed by atoms with Crippen LogP contribution in [-0.2, 0) is 13.0 Å². The maximum absolute atomic E-state index is 13.6. The molecule has 1 aliphatic heterocycles. The average molecular weight is 370 g/mol. The molecule has 6 nitrogen and oxygen atoms in total. The lowest BCUT2D eigenvalue weighted by molar-refractivity contribution is 0.0256. The fourth-order valence-corrected chi connectivity index (χ4v) is 3.26. The van der Waals surface area contributed by atoms with Crippen LogP contribution in [0.4, 0.5) is 20.5 Å². The predicted molar refractivity (Wildman–Crippen MR) is 100 cm³/mol. The summed E-state index contributed by atoms with van der Waals surface area (Å²) < 4.78 is 27.2. The Labute approximate surface area is 155 Å². The topological polar surface area (TPSA) is 66.8 Å². The molecule has 4 rings (SSSR count). The number of pyridine rings is 2. The zero-order chi connectivity index (χ0) is 18.9. The van der Waals surface area contributed by atoms with Crippen LogP contribution >= 0.6 is 0 Å². The van der Waals surface area contributed by atoms with Gasteiger partial charge in [0, 0.05) is 37.6 Å². The van der Waals surface area contributed by atoms with E-state index in [4.69, 9.17) is 0 Å². The van der Waals surface area contributed by atoms with Crippen molar-refractivity contribution in [3.05, 3.63) is 47.9 Å². The Morgan fingerprint density at radius 3 is 2.74 bits per heavy atom. The number of nitrogens with zero attached hydrogens (tertiary/aromatic N) is 5. The van der Waals surface area contributed by atoms with E-state index in [2.05, 4.69) is 32.2 Å². The number of fused-ring (bicyclic) bond motifs is 1. The SMILES string of the molecule is CCc1ncccc1CNc1nc(N2CCC(F)(F)C2)nc2ncccc12. The highest BCUT2D eigenvalue weighted by Crippen LogP contribution is 2.31. The zero-order valence-corrected chi connectivity index (χ0v) is 15.0. The third-order valence-corrected chi connectivity index (χ3v) is 4.68. The molecule has 1 N–H and O–H groups in total. The van der Waals surface area contributed by atoms with Gasteiger partial charge >= 0.3 is 0 Å². The summed E-state index contributed by atoms with van der Waals surface area (Å²) in [5.41, 5.74) is 2.58. The fourth-order valence-electron chi connectivity index (χ4n) is 3.26. The first kappa shape index (κ1) is 17.5. The minimum Gasteiger partial charge on any atom is -0.365 e. The largest absolute Gasteiger partial charge is 0.365 e. The quantitative estimate of drug-likeness (QED) is 0.742. The summed E-state index contributed by atoms with van der Waals surface area (Å²) in [6, 6.07) is 7.59. The number of hydrogen-bond donors (Lipinski definition) is 1. The van der Waals surface area contributed by atoms with E-state index in [-0.39, 0.29) is 25.5 Å². The molecule has 0 unspecified atom stereocenters. The van der Waals surface area contributed by atoms with E-state index in [1.165, 1.54) is 4.90 Å². The second-order valence-corrected chi connectivity index (χ2v) is 6.59. The lowest BCUT2D eigenvalue weighted by Gasteiger charge is -2.18. The van der Waals surface area contributed by atoms with Crippen LogP contribution in [0.3, 0.4) is 0 Å². The van der Waals surface area contributed by atoms with E-state index >= 15 is 0 Å². The predicted octanol–water partition coefficient (Wildman–Crippen LogP) is 3.44. The van der Waals surface area contributed by atoms with Crippen molar-refractivity contribution in [2.24, 2.45) is 0 Å². The molecule has 1 aliphatic rings. The molecule has 0 aliphatic carbocycles. The Morgan fingerprint density at radius 2 is 1.96 bits per heavy atom. The number of aryl methyl sites for hydroxylation is 1. The molecule has 0 radical (unpaired) electrons. The van der Waals surface area contributed by atoms with Crippen molar-refractivity contribution in [1.29, 1.82) is 0 Å². The number of alkyl halides is 2. The van der Waals surface area contributed by atoms with Gasteiger partial charge < -0.3 is 10.2 Å². The van der Waals surface area contributed by atoms with Gasteiger partial charge in [-0.3, -0.25) is 4.98 Å². The van der Waals surface area contributed by atoms with Crippen LogP contribution in [0.1, 0.15) is 24.6 Å². The standard InChI is InChI=1S/C19H20F2N6/c1-2-15-13(5-3-8-22-15)11-24-17-14-6-4-9-23-16(14)25-18(26-17)27-10-7-19(20,21)12-27/h3-6,8-9H,2,7,10-12H2,1H3,(H,23,24,25,26). The van der Waals surface area contributed by atoms with Crippen LogP contribution in [0.15, 0.2) is 36.7 Å². The monoisotopic (exact) mass is 370 g/mol. The molecule has 0 atom stereocenters. The van der Waals surface area contributed by atoms with Crippen LogP contribution < -0.4 is 10.2 Å². The second kappa shape index (κ2) is 7.02. The molecule has 3 aromatic rings. The molecule has 4 heterocycles. The molecule has 0 saturated carbocycles. The number of aromatic nitrogens is 4. The number of hydrogen-bond acceptors (Lipinski definition) is 6. The van der Waals surface area contributed by atoms with Crippen molar-refractivity contribution >= 4 is 22.8 Å². The minimum absolute atomic E-state index is 0.186. The first-order chi connectivity index (χ1) is 13.1. The van der Waals surface area contributed by atoms with E-state index < -0.39 is 5.92 Å². The van der Waals surface area contributed by atoms with Crippen molar-refractivity contribution in [2.75, 3.05) is 23.3 Å². The molecule has 140 valence electrons. The van der Waals surface area contributed by atoms with Gasteiger partial charge in [-0.2, -0.15) is 9.97 Å². The first-order valence-electron chi connectivity index (χ1n) is 8.98. The Kier molecular flexibility index (Phi) is 4.55. The van der Waals surface area contributed by atoms with Crippen LogP contribution in [0, 0.1) is 0 Å². The van der Waals surface area contributed by atoms with Crippen molar-refractivity contribution in [2.45, 2.75) is 32.2 Å². The molecule has 3 aromatic heterocycles. The maximum atomic E-state index is 13.6. The maximum Gasteiger partial charge on any atom is 0.267 e. The summed E-state index contributed by atoms with van der Waals surface area (Å²) in [6.45, 7) is 2.45. The van der Waals surface area contributed by atoms with Crippen LogP contribution in [0.25, 0.3) is 11.0 Å². The summed E-state index contributed by atoms with van der Waals surface area (Å²) in [5.74, 6) is -1.84. The number of halogens is 2. The molecular weight excluding hydrogens is 350 g/mol. The number of anilines is 2. The van der Waals surface area contributed by atoms with Gasteiger partial charge in [0.1, 0.15) is 5.82 Å². The highest BCUT2D eigenvalue weighted by atomic mass is 19.3. The summed E-state index contributed by atoms with van der Waals surface area (Å²) in [5, 5.41) is 4.08.